The van der Waals surface area contributed by atoms with Gasteiger partial charge in [0.1, 0.15) is 9.21 Å². The van der Waals surface area contributed by atoms with E-state index in [0.717, 1.165) is 55.1 Å². The van der Waals surface area contributed by atoms with Crippen molar-refractivity contribution >= 4 is 30.4 Å². The maximum atomic E-state index is 7.00. The number of rotatable bonds is 8. The molecule has 0 saturated carbocycles. The fourth-order valence-corrected chi connectivity index (χ4v) is 1.22. The van der Waals surface area contributed by atoms with Crippen molar-refractivity contribution in [1.29, 1.82) is 0 Å². The molecule has 0 aliphatic heterocycles. The van der Waals surface area contributed by atoms with Gasteiger partial charge in [-0.3, -0.25) is 0 Å². The number of allylic oxidation sites excluding steroid dienone is 2. The van der Waals surface area contributed by atoms with Gasteiger partial charge in [0.05, 0.1) is 7.11 Å². The summed E-state index contributed by atoms with van der Waals surface area (Å²) in [6.45, 7) is 1.59. The molecule has 0 spiro atoms. The predicted octanol–water partition coefficient (Wildman–Crippen LogP) is 2.19. The molecule has 0 saturated heterocycles. The molecule has 0 unspecified atom stereocenters. The SMILES string of the molecule is CO.COOSI.NCCC/C=C/CCCN. The van der Waals surface area contributed by atoms with Crippen LogP contribution in [0.2, 0.25) is 0 Å². The Labute approximate surface area is 121 Å². The number of unbranched alkanes of at least 4 members (excludes halogenated alkanes) is 2. The second-order valence-corrected chi connectivity index (χ2v) is 3.97. The topological polar surface area (TPSA) is 90.7 Å². The van der Waals surface area contributed by atoms with Crippen LogP contribution in [0, 0.1) is 0 Å². The number of aliphatic hydroxyl groups excluding tert-OH is 1. The van der Waals surface area contributed by atoms with Crippen LogP contribution in [0.25, 0.3) is 0 Å². The van der Waals surface area contributed by atoms with Gasteiger partial charge in [-0.2, -0.15) is 4.33 Å². The van der Waals surface area contributed by atoms with E-state index in [1.165, 1.54) is 7.11 Å². The Morgan fingerprint density at radius 3 is 1.71 bits per heavy atom. The lowest BCUT2D eigenvalue weighted by molar-refractivity contribution is -0.157. The van der Waals surface area contributed by atoms with Crippen LogP contribution in [0.5, 0.6) is 0 Å². The zero-order valence-electron chi connectivity index (χ0n) is 10.6. The molecule has 7 heteroatoms. The Morgan fingerprint density at radius 2 is 1.53 bits per heavy atom. The minimum atomic E-state index is 0.793. The summed E-state index contributed by atoms with van der Waals surface area (Å²) in [5, 5.41) is 7.00. The highest BCUT2D eigenvalue weighted by molar-refractivity contribution is 14.2. The van der Waals surface area contributed by atoms with E-state index < -0.39 is 0 Å². The third-order valence-electron chi connectivity index (χ3n) is 1.41. The molecule has 17 heavy (non-hydrogen) atoms. The van der Waals surface area contributed by atoms with Gasteiger partial charge in [-0.15, -0.1) is 0 Å². The fraction of sp³-hybridized carbons (Fsp3) is 0.800. The summed E-state index contributed by atoms with van der Waals surface area (Å²) >= 11 is 1.96. The first-order chi connectivity index (χ1) is 8.33. The quantitative estimate of drug-likeness (QED) is 0.149. The van der Waals surface area contributed by atoms with Gasteiger partial charge in [-0.05, 0) is 38.8 Å². The van der Waals surface area contributed by atoms with E-state index in [2.05, 4.69) is 21.4 Å². The Hall–Kier alpha value is 0.620. The highest BCUT2D eigenvalue weighted by Gasteiger charge is 1.78. The second-order valence-electron chi connectivity index (χ2n) is 2.63. The van der Waals surface area contributed by atoms with E-state index in [9.17, 15) is 0 Å². The molecule has 0 atom stereocenters. The van der Waals surface area contributed by atoms with Crippen LogP contribution in [-0.4, -0.2) is 32.4 Å². The number of hydrogen-bond donors (Lipinski definition) is 3. The van der Waals surface area contributed by atoms with Crippen LogP contribution < -0.4 is 11.5 Å². The molecule has 0 aliphatic rings. The van der Waals surface area contributed by atoms with E-state index in [4.69, 9.17) is 16.6 Å². The molecular formula is C10H25IN2O3S. The summed E-state index contributed by atoms with van der Waals surface area (Å²) in [7, 11) is 3.61. The van der Waals surface area contributed by atoms with Crippen LogP contribution in [0.4, 0.5) is 0 Å². The van der Waals surface area contributed by atoms with Crippen molar-refractivity contribution < 1.29 is 14.3 Å². The Balaban J connectivity index is -0.000000236. The van der Waals surface area contributed by atoms with Crippen molar-refractivity contribution in [3.63, 3.8) is 0 Å². The molecule has 0 aromatic rings. The molecule has 0 heterocycles. The number of hydrogen-bond acceptors (Lipinski definition) is 6. The normalized spacial score (nSPS) is 9.29. The van der Waals surface area contributed by atoms with Crippen LogP contribution in [0.3, 0.4) is 0 Å². The lowest BCUT2D eigenvalue weighted by Gasteiger charge is -1.89. The Bertz CT molecular complexity index is 120. The van der Waals surface area contributed by atoms with Crippen molar-refractivity contribution in [1.82, 2.24) is 0 Å². The van der Waals surface area contributed by atoms with E-state index in [-0.39, 0.29) is 0 Å². The van der Waals surface area contributed by atoms with Crippen LogP contribution in [-0.2, 0) is 9.22 Å². The first-order valence-electron chi connectivity index (χ1n) is 5.31. The molecule has 5 N–H and O–H groups in total. The highest BCUT2D eigenvalue weighted by Crippen LogP contribution is 2.10. The van der Waals surface area contributed by atoms with Crippen molar-refractivity contribution in [2.75, 3.05) is 27.3 Å². The van der Waals surface area contributed by atoms with E-state index >= 15 is 0 Å². The third kappa shape index (κ3) is 38.4. The fourth-order valence-electron chi connectivity index (χ4n) is 0.733. The molecule has 0 amide bonds. The van der Waals surface area contributed by atoms with Crippen LogP contribution >= 0.6 is 30.4 Å². The van der Waals surface area contributed by atoms with Crippen molar-refractivity contribution in [2.45, 2.75) is 25.7 Å². The van der Waals surface area contributed by atoms with Gasteiger partial charge in [-0.1, -0.05) is 12.2 Å². The van der Waals surface area contributed by atoms with Gasteiger partial charge >= 0.3 is 0 Å². The highest BCUT2D eigenvalue weighted by atomic mass is 127. The minimum absolute atomic E-state index is 0.793. The number of nitrogens with two attached hydrogens (primary N) is 2. The van der Waals surface area contributed by atoms with E-state index in [0.29, 0.717) is 0 Å². The molecule has 5 nitrogen and oxygen atoms in total. The molecule has 0 radical (unpaired) electrons. The lowest BCUT2D eigenvalue weighted by Crippen LogP contribution is -1.97. The Morgan fingerprint density at radius 1 is 1.12 bits per heavy atom. The second kappa shape index (κ2) is 30.0. The molecule has 0 bridgehead atoms. The summed E-state index contributed by atoms with van der Waals surface area (Å²) in [5.74, 6) is 0. The maximum Gasteiger partial charge on any atom is 0.104 e. The van der Waals surface area contributed by atoms with E-state index in [1.54, 1.807) is 0 Å². The number of halogens is 1. The molecule has 0 aromatic carbocycles. The molecule has 106 valence electrons. The molecule has 0 rings (SSSR count). The minimum Gasteiger partial charge on any atom is -0.400 e. The number of aliphatic hydroxyl groups is 1. The first-order valence-corrected chi connectivity index (χ1v) is 8.59. The van der Waals surface area contributed by atoms with Gasteiger partial charge in [0.15, 0.2) is 0 Å². The van der Waals surface area contributed by atoms with E-state index in [1.807, 2.05) is 21.2 Å². The summed E-state index contributed by atoms with van der Waals surface area (Å²) in [4.78, 5) is 4.15. The van der Waals surface area contributed by atoms with Crippen molar-refractivity contribution in [3.05, 3.63) is 12.2 Å². The van der Waals surface area contributed by atoms with Crippen molar-refractivity contribution in [3.8, 4) is 0 Å². The molecular weight excluding hydrogens is 355 g/mol. The third-order valence-corrected chi connectivity index (χ3v) is 2.04. The zero-order valence-corrected chi connectivity index (χ0v) is 13.6. The van der Waals surface area contributed by atoms with Gasteiger partial charge in [0.25, 0.3) is 0 Å². The summed E-state index contributed by atoms with van der Waals surface area (Å²) in [6.07, 6.45) is 8.78. The average Bonchev–Trinajstić information content (AvgIpc) is 2.38. The summed E-state index contributed by atoms with van der Waals surface area (Å²) in [5.41, 5.74) is 10.6. The predicted molar refractivity (Wildman–Crippen MR) is 83.6 cm³/mol. The summed E-state index contributed by atoms with van der Waals surface area (Å²) < 4.78 is 4.24. The smallest absolute Gasteiger partial charge is 0.104 e. The van der Waals surface area contributed by atoms with Gasteiger partial charge in [0, 0.05) is 28.3 Å². The standard InChI is InChI=1S/C8H18N2.CH3IO2S.CH4O/c9-7-5-3-1-2-4-6-8-10;1-3-4-5-2;1-2/h1-2H,3-10H2;1H3;2H,1H3/b2-1+;;. The molecule has 0 aromatic heterocycles. The monoisotopic (exact) mass is 380 g/mol. The van der Waals surface area contributed by atoms with Gasteiger partial charge < -0.3 is 16.6 Å². The van der Waals surface area contributed by atoms with Gasteiger partial charge in [0.2, 0.25) is 0 Å². The molecule has 0 fully saturated rings. The largest absolute Gasteiger partial charge is 0.400 e. The van der Waals surface area contributed by atoms with Crippen LogP contribution in [0.15, 0.2) is 12.2 Å². The maximum absolute atomic E-state index is 7.00. The lowest BCUT2D eigenvalue weighted by atomic mass is 10.2. The Kier molecular flexibility index (Phi) is 40.2. The van der Waals surface area contributed by atoms with Gasteiger partial charge in [-0.25, -0.2) is 4.89 Å². The van der Waals surface area contributed by atoms with Crippen molar-refractivity contribution in [2.24, 2.45) is 11.5 Å². The van der Waals surface area contributed by atoms with Crippen LogP contribution in [0.1, 0.15) is 25.7 Å². The summed E-state index contributed by atoms with van der Waals surface area (Å²) in [6, 6.07) is 0. The molecule has 0 aliphatic carbocycles. The first kappa shape index (κ1) is 22.8. The average molecular weight is 380 g/mol. The zero-order chi connectivity index (χ0) is 13.8.